The molecule has 2 aromatic rings. The van der Waals surface area contributed by atoms with E-state index in [1.807, 2.05) is 6.92 Å². The Balaban J connectivity index is 2.01. The minimum Gasteiger partial charge on any atom is -0.494 e. The van der Waals surface area contributed by atoms with E-state index in [9.17, 15) is 4.79 Å². The molecule has 0 bridgehead atoms. The molecular formula is C17H16Cl2N2O2S. The van der Waals surface area contributed by atoms with Crippen molar-refractivity contribution in [3.05, 3.63) is 58.1 Å². The van der Waals surface area contributed by atoms with Crippen LogP contribution in [0, 0.1) is 0 Å². The van der Waals surface area contributed by atoms with Gasteiger partial charge in [-0.15, -0.1) is 0 Å². The first kappa shape index (κ1) is 18.5. The zero-order chi connectivity index (χ0) is 17.5. The molecule has 0 atom stereocenters. The fraction of sp³-hybridized carbons (Fsp3) is 0.176. The Hall–Kier alpha value is -1.82. The first-order chi connectivity index (χ1) is 11.5. The normalized spacial score (nSPS) is 10.1. The Labute approximate surface area is 156 Å². The molecule has 0 unspecified atom stereocenters. The topological polar surface area (TPSA) is 50.4 Å². The molecule has 0 aliphatic carbocycles. The minimum atomic E-state index is -0.340. The van der Waals surface area contributed by atoms with E-state index >= 15 is 0 Å². The summed E-state index contributed by atoms with van der Waals surface area (Å²) in [6, 6.07) is 12.0. The van der Waals surface area contributed by atoms with Crippen LogP contribution in [0.5, 0.6) is 5.75 Å². The maximum absolute atomic E-state index is 12.3. The number of anilines is 1. The maximum Gasteiger partial charge on any atom is 0.257 e. The standard InChI is InChI=1S/C17H16Cl2N2O2S/c1-2-9-23-12-6-3-5-11(10-12)16(22)21-17(24)20-14-8-4-7-13(18)15(14)19/h3-8,10H,2,9H2,1H3,(H2,20,21,22,24). The Bertz CT molecular complexity index is 753. The van der Waals surface area contributed by atoms with E-state index < -0.39 is 0 Å². The third-order valence-corrected chi connectivity index (χ3v) is 4.02. The van der Waals surface area contributed by atoms with Gasteiger partial charge in [0.05, 0.1) is 22.3 Å². The SMILES string of the molecule is CCCOc1cccc(C(=O)NC(=S)Nc2cccc(Cl)c2Cl)c1. The minimum absolute atomic E-state index is 0.129. The Kier molecular flexibility index (Phi) is 6.85. The van der Waals surface area contributed by atoms with Gasteiger partial charge in [-0.25, -0.2) is 0 Å². The molecule has 0 aliphatic rings. The van der Waals surface area contributed by atoms with E-state index in [0.29, 0.717) is 33.7 Å². The number of carbonyl (C=O) groups is 1. The molecule has 0 fully saturated rings. The van der Waals surface area contributed by atoms with Gasteiger partial charge < -0.3 is 10.1 Å². The molecule has 2 rings (SSSR count). The average Bonchev–Trinajstić information content (AvgIpc) is 2.57. The van der Waals surface area contributed by atoms with Crippen LogP contribution in [0.3, 0.4) is 0 Å². The molecule has 0 saturated carbocycles. The average molecular weight is 383 g/mol. The van der Waals surface area contributed by atoms with Gasteiger partial charge in [0.15, 0.2) is 5.11 Å². The van der Waals surface area contributed by atoms with Gasteiger partial charge in [-0.1, -0.05) is 42.3 Å². The zero-order valence-electron chi connectivity index (χ0n) is 12.9. The van der Waals surface area contributed by atoms with Gasteiger partial charge in [0.1, 0.15) is 5.75 Å². The lowest BCUT2D eigenvalue weighted by Gasteiger charge is -2.12. The van der Waals surface area contributed by atoms with Crippen molar-refractivity contribution in [3.8, 4) is 5.75 Å². The number of nitrogens with one attached hydrogen (secondary N) is 2. The molecule has 24 heavy (non-hydrogen) atoms. The molecule has 126 valence electrons. The second kappa shape index (κ2) is 8.87. The van der Waals surface area contributed by atoms with Crippen LogP contribution in [0.4, 0.5) is 5.69 Å². The van der Waals surface area contributed by atoms with E-state index in [1.54, 1.807) is 42.5 Å². The summed E-state index contributed by atoms with van der Waals surface area (Å²) in [6.45, 7) is 2.61. The monoisotopic (exact) mass is 382 g/mol. The largest absolute Gasteiger partial charge is 0.494 e. The summed E-state index contributed by atoms with van der Waals surface area (Å²) in [5.74, 6) is 0.300. The lowest BCUT2D eigenvalue weighted by molar-refractivity contribution is 0.0977. The number of carbonyl (C=O) groups excluding carboxylic acids is 1. The van der Waals surface area contributed by atoms with E-state index in [2.05, 4.69) is 10.6 Å². The highest BCUT2D eigenvalue weighted by Crippen LogP contribution is 2.29. The van der Waals surface area contributed by atoms with Gasteiger partial charge >= 0.3 is 0 Å². The van der Waals surface area contributed by atoms with Crippen LogP contribution in [-0.2, 0) is 0 Å². The maximum atomic E-state index is 12.3. The number of amides is 1. The summed E-state index contributed by atoms with van der Waals surface area (Å²) >= 11 is 17.2. The van der Waals surface area contributed by atoms with Crippen LogP contribution in [0.2, 0.25) is 10.0 Å². The van der Waals surface area contributed by atoms with Crippen molar-refractivity contribution in [2.45, 2.75) is 13.3 Å². The Morgan fingerprint density at radius 3 is 2.71 bits per heavy atom. The van der Waals surface area contributed by atoms with Crippen LogP contribution in [0.25, 0.3) is 0 Å². The molecule has 0 heterocycles. The molecule has 0 saturated heterocycles. The van der Waals surface area contributed by atoms with Crippen molar-refractivity contribution in [1.29, 1.82) is 0 Å². The van der Waals surface area contributed by atoms with E-state index in [-0.39, 0.29) is 11.0 Å². The van der Waals surface area contributed by atoms with Crippen molar-refractivity contribution in [3.63, 3.8) is 0 Å². The van der Waals surface area contributed by atoms with E-state index in [0.717, 1.165) is 6.42 Å². The van der Waals surface area contributed by atoms with Crippen molar-refractivity contribution >= 4 is 52.1 Å². The molecule has 1 amide bonds. The summed E-state index contributed by atoms with van der Waals surface area (Å²) in [7, 11) is 0. The smallest absolute Gasteiger partial charge is 0.257 e. The zero-order valence-corrected chi connectivity index (χ0v) is 15.3. The summed E-state index contributed by atoms with van der Waals surface area (Å²) < 4.78 is 5.51. The van der Waals surface area contributed by atoms with Gasteiger partial charge in [0.2, 0.25) is 0 Å². The predicted molar refractivity (Wildman–Crippen MR) is 102 cm³/mol. The highest BCUT2D eigenvalue weighted by Gasteiger charge is 2.11. The quantitative estimate of drug-likeness (QED) is 0.721. The van der Waals surface area contributed by atoms with Crippen molar-refractivity contribution in [1.82, 2.24) is 5.32 Å². The molecule has 7 heteroatoms. The van der Waals surface area contributed by atoms with Gasteiger partial charge in [0.25, 0.3) is 5.91 Å². The number of ether oxygens (including phenoxy) is 1. The highest BCUT2D eigenvalue weighted by atomic mass is 35.5. The fourth-order valence-corrected chi connectivity index (χ4v) is 2.43. The molecule has 2 N–H and O–H groups in total. The number of halogens is 2. The summed E-state index contributed by atoms with van der Waals surface area (Å²) in [6.07, 6.45) is 0.894. The number of hydrogen-bond donors (Lipinski definition) is 2. The third-order valence-electron chi connectivity index (χ3n) is 3.00. The number of rotatable bonds is 5. The molecular weight excluding hydrogens is 367 g/mol. The van der Waals surface area contributed by atoms with Gasteiger partial charge in [-0.2, -0.15) is 0 Å². The van der Waals surface area contributed by atoms with Crippen LogP contribution < -0.4 is 15.4 Å². The van der Waals surface area contributed by atoms with Gasteiger partial charge in [0, 0.05) is 5.56 Å². The second-order valence-corrected chi connectivity index (χ2v) is 6.08. The number of benzene rings is 2. The molecule has 0 spiro atoms. The summed E-state index contributed by atoms with van der Waals surface area (Å²) in [4.78, 5) is 12.3. The third kappa shape index (κ3) is 5.09. The molecule has 4 nitrogen and oxygen atoms in total. The summed E-state index contributed by atoms with van der Waals surface area (Å²) in [5.41, 5.74) is 0.972. The predicted octanol–water partition coefficient (Wildman–Crippen LogP) is 4.91. The lowest BCUT2D eigenvalue weighted by Crippen LogP contribution is -2.34. The molecule has 0 aromatic heterocycles. The Morgan fingerprint density at radius 2 is 1.96 bits per heavy atom. The first-order valence-corrected chi connectivity index (χ1v) is 8.47. The van der Waals surface area contributed by atoms with Crippen molar-refractivity contribution in [2.75, 3.05) is 11.9 Å². The van der Waals surface area contributed by atoms with E-state index in [4.69, 9.17) is 40.2 Å². The second-order valence-electron chi connectivity index (χ2n) is 4.89. The number of thiocarbonyl (C=S) groups is 1. The van der Waals surface area contributed by atoms with Crippen LogP contribution in [0.1, 0.15) is 23.7 Å². The lowest BCUT2D eigenvalue weighted by atomic mass is 10.2. The van der Waals surface area contributed by atoms with Crippen LogP contribution in [0.15, 0.2) is 42.5 Å². The number of hydrogen-bond acceptors (Lipinski definition) is 3. The van der Waals surface area contributed by atoms with Gasteiger partial charge in [-0.05, 0) is 49.0 Å². The molecule has 2 aromatic carbocycles. The van der Waals surface area contributed by atoms with E-state index in [1.165, 1.54) is 0 Å². The Morgan fingerprint density at radius 1 is 1.21 bits per heavy atom. The summed E-state index contributed by atoms with van der Waals surface area (Å²) in [5, 5.41) is 6.32. The van der Waals surface area contributed by atoms with Gasteiger partial charge in [-0.3, -0.25) is 10.1 Å². The van der Waals surface area contributed by atoms with Crippen LogP contribution >= 0.6 is 35.4 Å². The highest BCUT2D eigenvalue weighted by molar-refractivity contribution is 7.80. The molecule has 0 radical (unpaired) electrons. The van der Waals surface area contributed by atoms with Crippen LogP contribution in [-0.4, -0.2) is 17.6 Å². The fourth-order valence-electron chi connectivity index (χ4n) is 1.88. The van der Waals surface area contributed by atoms with Crippen molar-refractivity contribution in [2.24, 2.45) is 0 Å². The first-order valence-electron chi connectivity index (χ1n) is 7.30. The van der Waals surface area contributed by atoms with Crippen molar-refractivity contribution < 1.29 is 9.53 Å². The molecule has 0 aliphatic heterocycles.